The zero-order valence-corrected chi connectivity index (χ0v) is 16.6. The molecule has 1 aliphatic rings. The summed E-state index contributed by atoms with van der Waals surface area (Å²) in [6.45, 7) is 5.95. The van der Waals surface area contributed by atoms with Gasteiger partial charge in [-0.25, -0.2) is 4.98 Å². The predicted molar refractivity (Wildman–Crippen MR) is 109 cm³/mol. The second-order valence-corrected chi connectivity index (χ2v) is 7.87. The SMILES string of the molecule is CSc1ncccc1C(=O)N1CCC[C@H](Nc2ccc(C(C)C)cc2)C1. The Balaban J connectivity index is 1.66. The lowest BCUT2D eigenvalue weighted by molar-refractivity contribution is 0.0710. The maximum Gasteiger partial charge on any atom is 0.256 e. The van der Waals surface area contributed by atoms with Crippen molar-refractivity contribution in [2.75, 3.05) is 24.7 Å². The summed E-state index contributed by atoms with van der Waals surface area (Å²) in [5.41, 5.74) is 3.18. The molecule has 0 spiro atoms. The minimum absolute atomic E-state index is 0.0871. The molecular weight excluding hydrogens is 342 g/mol. The summed E-state index contributed by atoms with van der Waals surface area (Å²) in [7, 11) is 0. The first-order valence-corrected chi connectivity index (χ1v) is 10.5. The van der Waals surface area contributed by atoms with Crippen LogP contribution in [-0.2, 0) is 0 Å². The molecule has 1 aromatic carbocycles. The number of nitrogens with one attached hydrogen (secondary N) is 1. The standard InChI is InChI=1S/C21H27N3OS/c1-15(2)16-8-10-17(11-9-16)23-18-6-5-13-24(14-18)21(25)19-7-4-12-22-20(19)26-3/h4,7-12,15,18,23H,5-6,13-14H2,1-3H3/t18-/m0/s1. The Hall–Kier alpha value is -2.01. The molecule has 1 N–H and O–H groups in total. The molecule has 0 saturated carbocycles. The molecule has 0 unspecified atom stereocenters. The fourth-order valence-electron chi connectivity index (χ4n) is 3.37. The average molecular weight is 370 g/mol. The molecule has 1 amide bonds. The minimum Gasteiger partial charge on any atom is -0.381 e. The average Bonchev–Trinajstić information content (AvgIpc) is 2.68. The molecule has 1 saturated heterocycles. The highest BCUT2D eigenvalue weighted by molar-refractivity contribution is 7.98. The van der Waals surface area contributed by atoms with Gasteiger partial charge in [-0.15, -0.1) is 11.8 Å². The Kier molecular flexibility index (Phi) is 6.20. The van der Waals surface area contributed by atoms with Crippen LogP contribution >= 0.6 is 11.8 Å². The second-order valence-electron chi connectivity index (χ2n) is 7.07. The number of thioether (sulfide) groups is 1. The number of pyridine rings is 1. The first-order valence-electron chi connectivity index (χ1n) is 9.23. The van der Waals surface area contributed by atoms with Gasteiger partial charge in [-0.3, -0.25) is 4.79 Å². The number of piperidine rings is 1. The van der Waals surface area contributed by atoms with Crippen LogP contribution in [0, 0.1) is 0 Å². The van der Waals surface area contributed by atoms with Gasteiger partial charge in [0.1, 0.15) is 5.03 Å². The van der Waals surface area contributed by atoms with Crippen molar-refractivity contribution in [3.8, 4) is 0 Å². The van der Waals surface area contributed by atoms with Gasteiger partial charge >= 0.3 is 0 Å². The van der Waals surface area contributed by atoms with E-state index >= 15 is 0 Å². The monoisotopic (exact) mass is 369 g/mol. The van der Waals surface area contributed by atoms with E-state index in [4.69, 9.17) is 0 Å². The maximum absolute atomic E-state index is 12.9. The molecule has 2 heterocycles. The van der Waals surface area contributed by atoms with E-state index in [1.807, 2.05) is 23.3 Å². The van der Waals surface area contributed by atoms with Gasteiger partial charge in [-0.1, -0.05) is 26.0 Å². The zero-order chi connectivity index (χ0) is 18.5. The van der Waals surface area contributed by atoms with E-state index in [0.717, 1.165) is 36.6 Å². The number of nitrogens with zero attached hydrogens (tertiary/aromatic N) is 2. The van der Waals surface area contributed by atoms with Crippen LogP contribution in [0.5, 0.6) is 0 Å². The van der Waals surface area contributed by atoms with Crippen LogP contribution < -0.4 is 5.32 Å². The Morgan fingerprint density at radius 2 is 2.04 bits per heavy atom. The Labute approximate surface area is 160 Å². The largest absolute Gasteiger partial charge is 0.381 e. The Morgan fingerprint density at radius 3 is 2.73 bits per heavy atom. The molecule has 0 aliphatic carbocycles. The molecule has 26 heavy (non-hydrogen) atoms. The number of anilines is 1. The summed E-state index contributed by atoms with van der Waals surface area (Å²) in [5, 5.41) is 4.40. The highest BCUT2D eigenvalue weighted by Crippen LogP contribution is 2.23. The summed E-state index contributed by atoms with van der Waals surface area (Å²) < 4.78 is 0. The molecular formula is C21H27N3OS. The van der Waals surface area contributed by atoms with Gasteiger partial charge in [0.2, 0.25) is 0 Å². The van der Waals surface area contributed by atoms with E-state index in [9.17, 15) is 4.79 Å². The number of carbonyl (C=O) groups excluding carboxylic acids is 1. The third kappa shape index (κ3) is 4.39. The fraction of sp³-hybridized carbons (Fsp3) is 0.429. The zero-order valence-electron chi connectivity index (χ0n) is 15.7. The molecule has 4 nitrogen and oxygen atoms in total. The third-order valence-electron chi connectivity index (χ3n) is 4.85. The van der Waals surface area contributed by atoms with Crippen LogP contribution in [0.3, 0.4) is 0 Å². The van der Waals surface area contributed by atoms with E-state index in [1.165, 1.54) is 17.3 Å². The molecule has 0 bridgehead atoms. The number of benzene rings is 1. The summed E-state index contributed by atoms with van der Waals surface area (Å²) in [4.78, 5) is 19.2. The van der Waals surface area contributed by atoms with Crippen molar-refractivity contribution in [2.24, 2.45) is 0 Å². The highest BCUT2D eigenvalue weighted by atomic mass is 32.2. The topological polar surface area (TPSA) is 45.2 Å². The van der Waals surface area contributed by atoms with Gasteiger partial charge in [0.25, 0.3) is 5.91 Å². The summed E-state index contributed by atoms with van der Waals surface area (Å²) >= 11 is 1.52. The highest BCUT2D eigenvalue weighted by Gasteiger charge is 2.26. The van der Waals surface area contributed by atoms with Crippen molar-refractivity contribution in [2.45, 2.75) is 43.7 Å². The molecule has 1 aliphatic heterocycles. The van der Waals surface area contributed by atoms with Crippen molar-refractivity contribution in [1.82, 2.24) is 9.88 Å². The number of aromatic nitrogens is 1. The molecule has 5 heteroatoms. The van der Waals surface area contributed by atoms with Crippen LogP contribution in [0.15, 0.2) is 47.6 Å². The number of amides is 1. The third-order valence-corrected chi connectivity index (χ3v) is 5.56. The summed E-state index contributed by atoms with van der Waals surface area (Å²) in [6, 6.07) is 12.6. The lowest BCUT2D eigenvalue weighted by Crippen LogP contribution is -2.45. The van der Waals surface area contributed by atoms with Gasteiger partial charge in [0.15, 0.2) is 0 Å². The summed E-state index contributed by atoms with van der Waals surface area (Å²) in [5.74, 6) is 0.626. The molecule has 1 aromatic heterocycles. The van der Waals surface area contributed by atoms with Crippen molar-refractivity contribution in [1.29, 1.82) is 0 Å². The number of rotatable bonds is 5. The van der Waals surface area contributed by atoms with Crippen molar-refractivity contribution in [3.05, 3.63) is 53.7 Å². The van der Waals surface area contributed by atoms with Crippen molar-refractivity contribution >= 4 is 23.4 Å². The van der Waals surface area contributed by atoms with Gasteiger partial charge in [-0.05, 0) is 54.8 Å². The van der Waals surface area contributed by atoms with E-state index < -0.39 is 0 Å². The second kappa shape index (κ2) is 8.58. The van der Waals surface area contributed by atoms with Gasteiger partial charge < -0.3 is 10.2 Å². The van der Waals surface area contributed by atoms with E-state index in [-0.39, 0.29) is 11.9 Å². The van der Waals surface area contributed by atoms with E-state index in [2.05, 4.69) is 48.4 Å². The molecule has 1 fully saturated rings. The quantitative estimate of drug-likeness (QED) is 0.780. The molecule has 0 radical (unpaired) electrons. The van der Waals surface area contributed by atoms with Crippen LogP contribution in [0.4, 0.5) is 5.69 Å². The molecule has 1 atom stereocenters. The predicted octanol–water partition coefficient (Wildman–Crippen LogP) is 4.64. The number of carbonyl (C=O) groups is 1. The first-order chi connectivity index (χ1) is 12.6. The molecule has 3 rings (SSSR count). The van der Waals surface area contributed by atoms with Gasteiger partial charge in [0.05, 0.1) is 5.56 Å². The van der Waals surface area contributed by atoms with Crippen molar-refractivity contribution in [3.63, 3.8) is 0 Å². The number of likely N-dealkylation sites (tertiary alicyclic amines) is 1. The van der Waals surface area contributed by atoms with Gasteiger partial charge in [-0.2, -0.15) is 0 Å². The lowest BCUT2D eigenvalue weighted by atomic mass is 10.0. The lowest BCUT2D eigenvalue weighted by Gasteiger charge is -2.34. The van der Waals surface area contributed by atoms with Crippen LogP contribution in [0.2, 0.25) is 0 Å². The smallest absolute Gasteiger partial charge is 0.256 e. The number of hydrogen-bond acceptors (Lipinski definition) is 4. The minimum atomic E-state index is 0.0871. The fourth-order valence-corrected chi connectivity index (χ4v) is 3.91. The van der Waals surface area contributed by atoms with Crippen molar-refractivity contribution < 1.29 is 4.79 Å². The number of hydrogen-bond donors (Lipinski definition) is 1. The van der Waals surface area contributed by atoms with Crippen LogP contribution in [0.25, 0.3) is 0 Å². The van der Waals surface area contributed by atoms with Crippen LogP contribution in [-0.4, -0.2) is 41.2 Å². The van der Waals surface area contributed by atoms with E-state index in [0.29, 0.717) is 11.5 Å². The summed E-state index contributed by atoms with van der Waals surface area (Å²) in [6.07, 6.45) is 5.80. The van der Waals surface area contributed by atoms with Gasteiger partial charge in [0, 0.05) is 31.0 Å². The normalized spacial score (nSPS) is 17.4. The Bertz CT molecular complexity index is 745. The molecule has 2 aromatic rings. The Morgan fingerprint density at radius 1 is 1.27 bits per heavy atom. The van der Waals surface area contributed by atoms with Crippen LogP contribution in [0.1, 0.15) is 48.5 Å². The van der Waals surface area contributed by atoms with E-state index in [1.54, 1.807) is 6.20 Å². The maximum atomic E-state index is 12.9. The first kappa shape index (κ1) is 18.8. The molecule has 138 valence electrons.